The molecule has 0 spiro atoms. The lowest BCUT2D eigenvalue weighted by Gasteiger charge is -2.39. The molecular weight excluding hydrogens is 436 g/mol. The molecule has 0 radical (unpaired) electrons. The van der Waals surface area contributed by atoms with Crippen LogP contribution in [-0.2, 0) is 9.59 Å². The number of unbranched alkanes of at least 4 members (excludes halogenated alkanes) is 1. The zero-order chi connectivity index (χ0) is 24.3. The number of piperazine rings is 1. The van der Waals surface area contributed by atoms with Crippen LogP contribution in [0.2, 0.25) is 0 Å². The molecule has 0 unspecified atom stereocenters. The number of hydrogen-bond donors (Lipinski definition) is 1. The van der Waals surface area contributed by atoms with Gasteiger partial charge in [-0.15, -0.1) is 0 Å². The number of aromatic nitrogens is 1. The highest BCUT2D eigenvalue weighted by Gasteiger charge is 2.31. The van der Waals surface area contributed by atoms with Gasteiger partial charge in [0.2, 0.25) is 11.8 Å². The van der Waals surface area contributed by atoms with Gasteiger partial charge in [-0.3, -0.25) is 19.5 Å². The summed E-state index contributed by atoms with van der Waals surface area (Å²) in [5.41, 5.74) is 3.16. The number of rotatable bonds is 10. The van der Waals surface area contributed by atoms with E-state index in [9.17, 15) is 9.59 Å². The quantitative estimate of drug-likeness (QED) is 0.362. The summed E-state index contributed by atoms with van der Waals surface area (Å²) >= 11 is 0. The number of nitrogens with zero attached hydrogens (tertiary/aromatic N) is 3. The second-order valence-corrected chi connectivity index (χ2v) is 8.71. The second-order valence-electron chi connectivity index (χ2n) is 8.71. The average molecular weight is 469 g/mol. The van der Waals surface area contributed by atoms with Crippen LogP contribution >= 0.6 is 0 Å². The fraction of sp³-hybridized carbons (Fsp3) is 0.276. The van der Waals surface area contributed by atoms with Gasteiger partial charge in [0.05, 0.1) is 12.6 Å². The third-order valence-corrected chi connectivity index (χ3v) is 6.19. The van der Waals surface area contributed by atoms with Gasteiger partial charge in [0, 0.05) is 38.1 Å². The zero-order valence-corrected chi connectivity index (χ0v) is 19.9. The molecule has 2 amide bonds. The maximum Gasteiger partial charge on any atom is 0.243 e. The van der Waals surface area contributed by atoms with Crippen molar-refractivity contribution in [2.24, 2.45) is 0 Å². The Morgan fingerprint density at radius 2 is 1.66 bits per heavy atom. The van der Waals surface area contributed by atoms with E-state index in [1.165, 1.54) is 6.08 Å². The van der Waals surface area contributed by atoms with E-state index in [0.717, 1.165) is 42.6 Å². The summed E-state index contributed by atoms with van der Waals surface area (Å²) in [6.07, 6.45) is 8.51. The topological polar surface area (TPSA) is 65.5 Å². The minimum absolute atomic E-state index is 0.0676. The van der Waals surface area contributed by atoms with Crippen LogP contribution in [0.25, 0.3) is 6.08 Å². The van der Waals surface area contributed by atoms with E-state index in [-0.39, 0.29) is 17.9 Å². The molecule has 1 saturated heterocycles. The van der Waals surface area contributed by atoms with Crippen molar-refractivity contribution < 1.29 is 9.59 Å². The highest BCUT2D eigenvalue weighted by atomic mass is 16.2. The maximum atomic E-state index is 13.2. The van der Waals surface area contributed by atoms with Crippen molar-refractivity contribution in [2.75, 3.05) is 32.7 Å². The van der Waals surface area contributed by atoms with Crippen molar-refractivity contribution in [3.63, 3.8) is 0 Å². The molecule has 0 aliphatic carbocycles. The molecule has 2 aromatic carbocycles. The van der Waals surface area contributed by atoms with Crippen LogP contribution in [0.5, 0.6) is 0 Å². The molecule has 1 N–H and O–H groups in total. The van der Waals surface area contributed by atoms with Crippen molar-refractivity contribution in [3.05, 3.63) is 108 Å². The fourth-order valence-corrected chi connectivity index (χ4v) is 4.40. The molecule has 6 nitrogen and oxygen atoms in total. The normalized spacial score (nSPS) is 14.5. The number of nitrogens with one attached hydrogen (secondary N) is 1. The minimum Gasteiger partial charge on any atom is -0.353 e. The van der Waals surface area contributed by atoms with E-state index in [0.29, 0.717) is 19.6 Å². The Balaban J connectivity index is 1.22. The lowest BCUT2D eigenvalue weighted by Crippen LogP contribution is -2.51. The molecule has 6 heteroatoms. The van der Waals surface area contributed by atoms with Crippen molar-refractivity contribution >= 4 is 17.9 Å². The Bertz CT molecular complexity index is 1060. The first-order chi connectivity index (χ1) is 17.2. The molecule has 180 valence electrons. The number of carbonyl (C=O) groups excluding carboxylic acids is 2. The van der Waals surface area contributed by atoms with Gasteiger partial charge < -0.3 is 10.2 Å². The SMILES string of the molecule is O=C(/C=C/c1cccnc1)NCCCCN1CCN(C(c2ccccc2)c2ccccc2)C(=O)C1. The monoisotopic (exact) mass is 468 g/mol. The third kappa shape index (κ3) is 7.11. The van der Waals surface area contributed by atoms with Gasteiger partial charge in [0.1, 0.15) is 0 Å². The van der Waals surface area contributed by atoms with Crippen LogP contribution in [0.15, 0.2) is 91.3 Å². The summed E-state index contributed by atoms with van der Waals surface area (Å²) < 4.78 is 0. The molecule has 35 heavy (non-hydrogen) atoms. The molecule has 1 aliphatic heterocycles. The summed E-state index contributed by atoms with van der Waals surface area (Å²) in [4.78, 5) is 33.4. The number of carbonyl (C=O) groups is 2. The van der Waals surface area contributed by atoms with E-state index in [4.69, 9.17) is 0 Å². The molecule has 2 heterocycles. The van der Waals surface area contributed by atoms with Crippen LogP contribution in [-0.4, -0.2) is 59.3 Å². The second kappa shape index (κ2) is 12.6. The Kier molecular flexibility index (Phi) is 8.79. The molecule has 0 atom stereocenters. The van der Waals surface area contributed by atoms with E-state index >= 15 is 0 Å². The summed E-state index contributed by atoms with van der Waals surface area (Å²) in [5.74, 6) is 0.0494. The molecule has 1 aromatic heterocycles. The minimum atomic E-state index is -0.106. The van der Waals surface area contributed by atoms with Crippen LogP contribution in [0.4, 0.5) is 0 Å². The van der Waals surface area contributed by atoms with Crippen LogP contribution in [0, 0.1) is 0 Å². The Morgan fingerprint density at radius 3 is 2.29 bits per heavy atom. The average Bonchev–Trinajstić information content (AvgIpc) is 2.90. The predicted octanol–water partition coefficient (Wildman–Crippen LogP) is 3.93. The van der Waals surface area contributed by atoms with Crippen molar-refractivity contribution in [1.29, 1.82) is 0 Å². The third-order valence-electron chi connectivity index (χ3n) is 6.19. The van der Waals surface area contributed by atoms with Crippen LogP contribution < -0.4 is 5.32 Å². The number of pyridine rings is 1. The predicted molar refractivity (Wildman–Crippen MR) is 138 cm³/mol. The number of amides is 2. The molecule has 3 aromatic rings. The standard InChI is InChI=1S/C29H32N4O2/c34-27(16-15-24-10-9-17-30-22-24)31-18-7-8-19-32-20-21-33(28(35)23-32)29(25-11-3-1-4-12-25)26-13-5-2-6-14-26/h1-6,9-17,22,29H,7-8,18-21,23H2,(H,31,34)/b16-15+. The molecule has 4 rings (SSSR count). The lowest BCUT2D eigenvalue weighted by atomic mass is 9.96. The van der Waals surface area contributed by atoms with Gasteiger partial charge >= 0.3 is 0 Å². The summed E-state index contributed by atoms with van der Waals surface area (Å²) in [5, 5.41) is 2.92. The van der Waals surface area contributed by atoms with E-state index in [1.807, 2.05) is 53.4 Å². The number of benzene rings is 2. The maximum absolute atomic E-state index is 13.2. The number of hydrogen-bond acceptors (Lipinski definition) is 4. The van der Waals surface area contributed by atoms with Gasteiger partial charge in [-0.25, -0.2) is 0 Å². The smallest absolute Gasteiger partial charge is 0.243 e. The van der Waals surface area contributed by atoms with Gasteiger partial charge in [0.25, 0.3) is 0 Å². The summed E-state index contributed by atoms with van der Waals surface area (Å²) in [7, 11) is 0. The Labute approximate surface area is 207 Å². The van der Waals surface area contributed by atoms with E-state index in [1.54, 1.807) is 18.5 Å². The summed E-state index contributed by atoms with van der Waals surface area (Å²) in [6.45, 7) is 3.44. The summed E-state index contributed by atoms with van der Waals surface area (Å²) in [6, 6.07) is 24.2. The highest BCUT2D eigenvalue weighted by molar-refractivity contribution is 5.91. The van der Waals surface area contributed by atoms with Crippen molar-refractivity contribution in [2.45, 2.75) is 18.9 Å². The molecular formula is C29H32N4O2. The zero-order valence-electron chi connectivity index (χ0n) is 19.9. The lowest BCUT2D eigenvalue weighted by molar-refractivity contribution is -0.138. The first kappa shape index (κ1) is 24.4. The fourth-order valence-electron chi connectivity index (χ4n) is 4.40. The molecule has 0 saturated carbocycles. The van der Waals surface area contributed by atoms with Crippen molar-refractivity contribution in [1.82, 2.24) is 20.1 Å². The molecule has 1 aliphatic rings. The van der Waals surface area contributed by atoms with Crippen molar-refractivity contribution in [3.8, 4) is 0 Å². The van der Waals surface area contributed by atoms with E-state index in [2.05, 4.69) is 39.5 Å². The largest absolute Gasteiger partial charge is 0.353 e. The van der Waals surface area contributed by atoms with E-state index < -0.39 is 0 Å². The molecule has 1 fully saturated rings. The van der Waals surface area contributed by atoms with Gasteiger partial charge in [0.15, 0.2) is 0 Å². The van der Waals surface area contributed by atoms with Gasteiger partial charge in [-0.2, -0.15) is 0 Å². The van der Waals surface area contributed by atoms with Crippen LogP contribution in [0.3, 0.4) is 0 Å². The first-order valence-electron chi connectivity index (χ1n) is 12.2. The Hall–Kier alpha value is -3.77. The first-order valence-corrected chi connectivity index (χ1v) is 12.2. The highest BCUT2D eigenvalue weighted by Crippen LogP contribution is 2.29. The van der Waals surface area contributed by atoms with Crippen LogP contribution in [0.1, 0.15) is 35.6 Å². The van der Waals surface area contributed by atoms with Gasteiger partial charge in [-0.05, 0) is 48.2 Å². The Morgan fingerprint density at radius 1 is 0.943 bits per heavy atom. The molecule has 0 bridgehead atoms. The van der Waals surface area contributed by atoms with Gasteiger partial charge in [-0.1, -0.05) is 66.7 Å².